The lowest BCUT2D eigenvalue weighted by Crippen LogP contribution is -2.03. The summed E-state index contributed by atoms with van der Waals surface area (Å²) in [6.45, 7) is 5.11. The molecule has 0 aliphatic carbocycles. The normalized spacial score (nSPS) is 10.8. The molecule has 0 fully saturated rings. The van der Waals surface area contributed by atoms with Crippen LogP contribution in [0.4, 0.5) is 0 Å². The largest absolute Gasteiger partial charge is 0.316 e. The van der Waals surface area contributed by atoms with Gasteiger partial charge in [-0.05, 0) is 61.2 Å². The average Bonchev–Trinajstić information content (AvgIpc) is 2.72. The number of benzene rings is 1. The van der Waals surface area contributed by atoms with E-state index in [0.717, 1.165) is 17.1 Å². The van der Waals surface area contributed by atoms with Crippen LogP contribution in [0.15, 0.2) is 23.6 Å². The molecule has 90 valence electrons. The zero-order valence-corrected chi connectivity index (χ0v) is 11.9. The van der Waals surface area contributed by atoms with E-state index >= 15 is 0 Å². The van der Waals surface area contributed by atoms with E-state index in [1.54, 1.807) is 11.3 Å². The van der Waals surface area contributed by atoms with Crippen LogP contribution in [0, 0.1) is 13.8 Å². The van der Waals surface area contributed by atoms with E-state index in [2.05, 4.69) is 36.7 Å². The fourth-order valence-electron chi connectivity index (χ4n) is 1.78. The summed E-state index contributed by atoms with van der Waals surface area (Å²) in [6.07, 6.45) is 0. The van der Waals surface area contributed by atoms with Crippen molar-refractivity contribution in [2.45, 2.75) is 20.4 Å². The van der Waals surface area contributed by atoms with Crippen molar-refractivity contribution in [1.82, 2.24) is 5.32 Å². The van der Waals surface area contributed by atoms with Crippen LogP contribution in [0.1, 0.15) is 16.7 Å². The molecule has 0 spiro atoms. The number of halogens is 1. The first-order valence-corrected chi connectivity index (χ1v) is 6.86. The Morgan fingerprint density at radius 1 is 1.18 bits per heavy atom. The molecule has 1 aromatic carbocycles. The van der Waals surface area contributed by atoms with Crippen LogP contribution in [0.2, 0.25) is 5.02 Å². The molecule has 1 aromatic heterocycles. The lowest BCUT2D eigenvalue weighted by Gasteiger charge is -2.06. The highest BCUT2D eigenvalue weighted by atomic mass is 35.5. The van der Waals surface area contributed by atoms with Gasteiger partial charge in [0.1, 0.15) is 0 Å². The van der Waals surface area contributed by atoms with Crippen LogP contribution in [0.25, 0.3) is 10.4 Å². The molecular weight excluding hydrogens is 250 g/mol. The Morgan fingerprint density at radius 3 is 2.59 bits per heavy atom. The average molecular weight is 266 g/mol. The standard InChI is InChI=1S/C14H16ClNS/c1-9-4-12(13(15)5-10(9)2)14-6-11(7-16-3)8-17-14/h4-6,8,16H,7H2,1-3H3. The molecule has 0 saturated carbocycles. The van der Waals surface area contributed by atoms with Crippen LogP contribution >= 0.6 is 22.9 Å². The Morgan fingerprint density at radius 2 is 1.88 bits per heavy atom. The minimum absolute atomic E-state index is 0.839. The first-order valence-electron chi connectivity index (χ1n) is 5.61. The molecule has 0 radical (unpaired) electrons. The summed E-state index contributed by atoms with van der Waals surface area (Å²) in [5.74, 6) is 0. The van der Waals surface area contributed by atoms with Crippen molar-refractivity contribution in [3.8, 4) is 10.4 Å². The van der Waals surface area contributed by atoms with Gasteiger partial charge in [-0.1, -0.05) is 11.6 Å². The topological polar surface area (TPSA) is 12.0 Å². The lowest BCUT2D eigenvalue weighted by molar-refractivity contribution is 0.821. The second-order valence-corrected chi connectivity index (χ2v) is 5.58. The van der Waals surface area contributed by atoms with Gasteiger partial charge in [0, 0.05) is 22.0 Å². The second kappa shape index (κ2) is 5.21. The third-order valence-electron chi connectivity index (χ3n) is 2.88. The Kier molecular flexibility index (Phi) is 3.87. The molecule has 17 heavy (non-hydrogen) atoms. The molecule has 0 aliphatic heterocycles. The molecule has 0 bridgehead atoms. The summed E-state index contributed by atoms with van der Waals surface area (Å²) in [6, 6.07) is 6.42. The first kappa shape index (κ1) is 12.6. The number of aryl methyl sites for hydroxylation is 2. The van der Waals surface area contributed by atoms with Crippen molar-refractivity contribution in [1.29, 1.82) is 0 Å². The Hall–Kier alpha value is -0.830. The molecule has 0 aliphatic rings. The maximum absolute atomic E-state index is 6.31. The van der Waals surface area contributed by atoms with Crippen LogP contribution < -0.4 is 5.32 Å². The van der Waals surface area contributed by atoms with Crippen LogP contribution in [0.3, 0.4) is 0 Å². The van der Waals surface area contributed by atoms with E-state index < -0.39 is 0 Å². The summed E-state index contributed by atoms with van der Waals surface area (Å²) in [5.41, 5.74) is 4.97. The van der Waals surface area contributed by atoms with Crippen LogP contribution in [-0.4, -0.2) is 7.05 Å². The number of thiophene rings is 1. The second-order valence-electron chi connectivity index (χ2n) is 4.27. The van der Waals surface area contributed by atoms with Crippen molar-refractivity contribution in [2.75, 3.05) is 7.05 Å². The Bertz CT molecular complexity index is 531. The first-order chi connectivity index (χ1) is 8.11. The highest BCUT2D eigenvalue weighted by Gasteiger charge is 2.08. The van der Waals surface area contributed by atoms with Gasteiger partial charge in [-0.25, -0.2) is 0 Å². The maximum atomic E-state index is 6.31. The van der Waals surface area contributed by atoms with Gasteiger partial charge in [0.05, 0.1) is 0 Å². The molecule has 3 heteroatoms. The fraction of sp³-hybridized carbons (Fsp3) is 0.286. The minimum atomic E-state index is 0.839. The SMILES string of the molecule is CNCc1csc(-c2cc(C)c(C)cc2Cl)c1. The fourth-order valence-corrected chi connectivity index (χ4v) is 3.10. The molecule has 1 nitrogen and oxygen atoms in total. The van der Waals surface area contributed by atoms with Gasteiger partial charge >= 0.3 is 0 Å². The van der Waals surface area contributed by atoms with Gasteiger partial charge in [-0.3, -0.25) is 0 Å². The summed E-state index contributed by atoms with van der Waals surface area (Å²) < 4.78 is 0. The lowest BCUT2D eigenvalue weighted by atomic mass is 10.0. The number of nitrogens with one attached hydrogen (secondary N) is 1. The molecule has 1 N–H and O–H groups in total. The van der Waals surface area contributed by atoms with E-state index in [1.165, 1.54) is 21.6 Å². The number of hydrogen-bond acceptors (Lipinski definition) is 2. The van der Waals surface area contributed by atoms with Crippen LogP contribution in [0.5, 0.6) is 0 Å². The smallest absolute Gasteiger partial charge is 0.0495 e. The Labute approximate surface area is 111 Å². The predicted octanol–water partition coefficient (Wildman–Crippen LogP) is 4.40. The molecule has 0 amide bonds. The van der Waals surface area contributed by atoms with Gasteiger partial charge in [-0.2, -0.15) is 0 Å². The number of hydrogen-bond donors (Lipinski definition) is 1. The highest BCUT2D eigenvalue weighted by Crippen LogP contribution is 2.34. The summed E-state index contributed by atoms with van der Waals surface area (Å²) >= 11 is 8.06. The third kappa shape index (κ3) is 2.71. The predicted molar refractivity (Wildman–Crippen MR) is 77.0 cm³/mol. The van der Waals surface area contributed by atoms with Gasteiger partial charge < -0.3 is 5.32 Å². The van der Waals surface area contributed by atoms with Gasteiger partial charge in [0.2, 0.25) is 0 Å². The summed E-state index contributed by atoms with van der Waals surface area (Å²) in [4.78, 5) is 1.24. The molecule has 0 atom stereocenters. The van der Waals surface area contributed by atoms with Crippen molar-refractivity contribution in [3.63, 3.8) is 0 Å². The van der Waals surface area contributed by atoms with E-state index in [1.807, 2.05) is 13.1 Å². The van der Waals surface area contributed by atoms with E-state index in [-0.39, 0.29) is 0 Å². The molecule has 2 aromatic rings. The van der Waals surface area contributed by atoms with Gasteiger partial charge in [0.15, 0.2) is 0 Å². The third-order valence-corrected chi connectivity index (χ3v) is 4.21. The van der Waals surface area contributed by atoms with Crippen molar-refractivity contribution in [3.05, 3.63) is 45.3 Å². The van der Waals surface area contributed by atoms with E-state index in [9.17, 15) is 0 Å². The van der Waals surface area contributed by atoms with Gasteiger partial charge in [0.25, 0.3) is 0 Å². The van der Waals surface area contributed by atoms with Crippen molar-refractivity contribution < 1.29 is 0 Å². The quantitative estimate of drug-likeness (QED) is 0.867. The molecular formula is C14H16ClNS. The zero-order valence-electron chi connectivity index (χ0n) is 10.3. The van der Waals surface area contributed by atoms with Crippen molar-refractivity contribution in [2.24, 2.45) is 0 Å². The van der Waals surface area contributed by atoms with Gasteiger partial charge in [-0.15, -0.1) is 11.3 Å². The monoisotopic (exact) mass is 265 g/mol. The zero-order chi connectivity index (χ0) is 12.4. The van der Waals surface area contributed by atoms with E-state index in [4.69, 9.17) is 11.6 Å². The summed E-state index contributed by atoms with van der Waals surface area (Å²) in [7, 11) is 1.96. The minimum Gasteiger partial charge on any atom is -0.316 e. The van der Waals surface area contributed by atoms with E-state index in [0.29, 0.717) is 0 Å². The summed E-state index contributed by atoms with van der Waals surface area (Å²) in [5, 5.41) is 6.17. The molecule has 1 heterocycles. The molecule has 2 rings (SSSR count). The molecule has 0 saturated heterocycles. The Balaban J connectivity index is 2.41. The highest BCUT2D eigenvalue weighted by molar-refractivity contribution is 7.13. The maximum Gasteiger partial charge on any atom is 0.0495 e. The number of rotatable bonds is 3. The molecule has 0 unspecified atom stereocenters. The van der Waals surface area contributed by atoms with Crippen molar-refractivity contribution >= 4 is 22.9 Å². The van der Waals surface area contributed by atoms with Crippen LogP contribution in [-0.2, 0) is 6.54 Å².